The van der Waals surface area contributed by atoms with Gasteiger partial charge in [0, 0.05) is 16.8 Å². The molecule has 0 saturated carbocycles. The first-order valence-corrected chi connectivity index (χ1v) is 5.41. The van der Waals surface area contributed by atoms with Gasteiger partial charge in [-0.15, -0.1) is 0 Å². The summed E-state index contributed by atoms with van der Waals surface area (Å²) in [5.74, 6) is -0.369. The summed E-state index contributed by atoms with van der Waals surface area (Å²) in [6.45, 7) is 1.68. The first-order valence-electron chi connectivity index (χ1n) is 4.66. The third-order valence-electron chi connectivity index (χ3n) is 2.27. The number of hydrogen-bond acceptors (Lipinski definition) is 1. The molecule has 0 fully saturated rings. The van der Waals surface area contributed by atoms with Gasteiger partial charge in [-0.2, -0.15) is 0 Å². The molecule has 82 valence electrons. The summed E-state index contributed by atoms with van der Waals surface area (Å²) in [5.41, 5.74) is 1.27. The van der Waals surface area contributed by atoms with Crippen molar-refractivity contribution in [3.63, 3.8) is 0 Å². The molecule has 1 aromatic heterocycles. The number of hydrogen-bond donors (Lipinski definition) is 0. The lowest BCUT2D eigenvalue weighted by Gasteiger charge is -2.06. The van der Waals surface area contributed by atoms with Crippen LogP contribution in [0.3, 0.4) is 0 Å². The van der Waals surface area contributed by atoms with Crippen LogP contribution in [0.1, 0.15) is 5.56 Å². The monoisotopic (exact) mass is 255 g/mol. The van der Waals surface area contributed by atoms with Crippen LogP contribution in [0.2, 0.25) is 10.0 Å². The van der Waals surface area contributed by atoms with Crippen molar-refractivity contribution in [2.75, 3.05) is 0 Å². The van der Waals surface area contributed by atoms with E-state index in [2.05, 4.69) is 4.98 Å². The molecule has 0 aliphatic rings. The number of halogens is 3. The quantitative estimate of drug-likeness (QED) is 0.731. The van der Waals surface area contributed by atoms with Crippen LogP contribution in [0.15, 0.2) is 30.5 Å². The Morgan fingerprint density at radius 3 is 2.69 bits per heavy atom. The summed E-state index contributed by atoms with van der Waals surface area (Å²) in [5, 5.41) is 0.934. The van der Waals surface area contributed by atoms with Gasteiger partial charge < -0.3 is 0 Å². The maximum Gasteiger partial charge on any atom is 0.152 e. The smallest absolute Gasteiger partial charge is 0.152 e. The Bertz CT molecular complexity index is 541. The number of aromatic nitrogens is 1. The van der Waals surface area contributed by atoms with E-state index in [1.54, 1.807) is 37.4 Å². The zero-order valence-electron chi connectivity index (χ0n) is 8.47. The molecule has 0 N–H and O–H groups in total. The van der Waals surface area contributed by atoms with Crippen molar-refractivity contribution >= 4 is 23.2 Å². The van der Waals surface area contributed by atoms with Crippen molar-refractivity contribution in [1.29, 1.82) is 0 Å². The van der Waals surface area contributed by atoms with Crippen LogP contribution < -0.4 is 0 Å². The first kappa shape index (κ1) is 11.4. The number of nitrogens with zero attached hydrogens (tertiary/aromatic N) is 1. The molecule has 2 aromatic rings. The SMILES string of the molecule is Cc1ccnc(-c2cc(Cl)ccc2Cl)c1F. The lowest BCUT2D eigenvalue weighted by molar-refractivity contribution is 0.616. The summed E-state index contributed by atoms with van der Waals surface area (Å²) in [4.78, 5) is 3.99. The molecule has 1 heterocycles. The topological polar surface area (TPSA) is 12.9 Å². The standard InChI is InChI=1S/C12H8Cl2FN/c1-7-4-5-16-12(11(7)15)9-6-8(13)2-3-10(9)14/h2-6H,1H3. The Morgan fingerprint density at radius 1 is 1.19 bits per heavy atom. The highest BCUT2D eigenvalue weighted by molar-refractivity contribution is 6.35. The second kappa shape index (κ2) is 4.40. The molecule has 1 aromatic carbocycles. The zero-order chi connectivity index (χ0) is 11.7. The molecule has 16 heavy (non-hydrogen) atoms. The average molecular weight is 256 g/mol. The fourth-order valence-corrected chi connectivity index (χ4v) is 1.79. The first-order chi connectivity index (χ1) is 7.59. The van der Waals surface area contributed by atoms with Gasteiger partial charge in [-0.25, -0.2) is 4.39 Å². The van der Waals surface area contributed by atoms with Gasteiger partial charge in [0.2, 0.25) is 0 Å². The van der Waals surface area contributed by atoms with E-state index >= 15 is 0 Å². The molecule has 2 rings (SSSR count). The van der Waals surface area contributed by atoms with Crippen LogP contribution in [0.25, 0.3) is 11.3 Å². The Balaban J connectivity index is 2.67. The molecular formula is C12H8Cl2FN. The minimum Gasteiger partial charge on any atom is -0.253 e. The Morgan fingerprint density at radius 2 is 1.94 bits per heavy atom. The third-order valence-corrected chi connectivity index (χ3v) is 2.83. The van der Waals surface area contributed by atoms with Gasteiger partial charge in [-0.1, -0.05) is 23.2 Å². The van der Waals surface area contributed by atoms with Crippen LogP contribution in [0.5, 0.6) is 0 Å². The maximum absolute atomic E-state index is 13.8. The highest BCUT2D eigenvalue weighted by Crippen LogP contribution is 2.31. The second-order valence-corrected chi connectivity index (χ2v) is 4.26. The molecule has 1 nitrogen and oxygen atoms in total. The van der Waals surface area contributed by atoms with E-state index in [0.717, 1.165) is 0 Å². The van der Waals surface area contributed by atoms with Gasteiger partial charge in [0.1, 0.15) is 5.69 Å². The molecule has 0 aliphatic carbocycles. The molecular weight excluding hydrogens is 248 g/mol. The Labute approximate surface area is 103 Å². The molecule has 0 radical (unpaired) electrons. The highest BCUT2D eigenvalue weighted by Gasteiger charge is 2.12. The summed E-state index contributed by atoms with van der Waals surface area (Å²) >= 11 is 11.8. The van der Waals surface area contributed by atoms with Gasteiger partial charge in [-0.05, 0) is 36.8 Å². The number of rotatable bonds is 1. The van der Waals surface area contributed by atoms with Crippen molar-refractivity contribution in [2.45, 2.75) is 6.92 Å². The fourth-order valence-electron chi connectivity index (χ4n) is 1.41. The van der Waals surface area contributed by atoms with Gasteiger partial charge in [0.15, 0.2) is 5.82 Å². The van der Waals surface area contributed by atoms with Crippen molar-refractivity contribution < 1.29 is 4.39 Å². The average Bonchev–Trinajstić information content (AvgIpc) is 2.26. The minimum atomic E-state index is -0.369. The van der Waals surface area contributed by atoms with E-state index < -0.39 is 0 Å². The zero-order valence-corrected chi connectivity index (χ0v) is 9.98. The van der Waals surface area contributed by atoms with E-state index in [1.807, 2.05) is 0 Å². The lowest BCUT2D eigenvalue weighted by atomic mass is 10.1. The minimum absolute atomic E-state index is 0.229. The van der Waals surface area contributed by atoms with Crippen molar-refractivity contribution in [1.82, 2.24) is 4.98 Å². The lowest BCUT2D eigenvalue weighted by Crippen LogP contribution is -1.92. The number of benzene rings is 1. The fraction of sp³-hybridized carbons (Fsp3) is 0.0833. The van der Waals surface area contributed by atoms with Crippen LogP contribution in [0.4, 0.5) is 4.39 Å². The van der Waals surface area contributed by atoms with Gasteiger partial charge >= 0.3 is 0 Å². The van der Waals surface area contributed by atoms with Crippen LogP contribution in [-0.4, -0.2) is 4.98 Å². The summed E-state index contributed by atoms with van der Waals surface area (Å²) in [6, 6.07) is 6.50. The van der Waals surface area contributed by atoms with Crippen molar-refractivity contribution in [2.24, 2.45) is 0 Å². The molecule has 0 bridgehead atoms. The van der Waals surface area contributed by atoms with E-state index in [-0.39, 0.29) is 11.5 Å². The van der Waals surface area contributed by atoms with Crippen molar-refractivity contribution in [3.8, 4) is 11.3 Å². The third kappa shape index (κ3) is 2.04. The normalized spacial score (nSPS) is 10.5. The van der Waals surface area contributed by atoms with Gasteiger partial charge in [-0.3, -0.25) is 4.98 Å². The van der Waals surface area contributed by atoms with Gasteiger partial charge in [0.05, 0.1) is 5.02 Å². The predicted octanol–water partition coefficient (Wildman–Crippen LogP) is 4.50. The predicted molar refractivity (Wildman–Crippen MR) is 64.4 cm³/mol. The Kier molecular flexibility index (Phi) is 3.13. The van der Waals surface area contributed by atoms with Crippen LogP contribution in [-0.2, 0) is 0 Å². The molecule has 0 unspecified atom stereocenters. The summed E-state index contributed by atoms with van der Waals surface area (Å²) in [6.07, 6.45) is 1.55. The molecule has 0 saturated heterocycles. The van der Waals surface area contributed by atoms with E-state index in [1.165, 1.54) is 0 Å². The molecule has 0 atom stereocenters. The van der Waals surface area contributed by atoms with Crippen LogP contribution >= 0.6 is 23.2 Å². The largest absolute Gasteiger partial charge is 0.253 e. The number of pyridine rings is 1. The van der Waals surface area contributed by atoms with Crippen molar-refractivity contribution in [3.05, 3.63) is 51.9 Å². The second-order valence-electron chi connectivity index (χ2n) is 3.41. The summed E-state index contributed by atoms with van der Waals surface area (Å²) < 4.78 is 13.8. The molecule has 0 spiro atoms. The maximum atomic E-state index is 13.8. The van der Waals surface area contributed by atoms with E-state index in [0.29, 0.717) is 21.2 Å². The van der Waals surface area contributed by atoms with E-state index in [9.17, 15) is 4.39 Å². The highest BCUT2D eigenvalue weighted by atomic mass is 35.5. The van der Waals surface area contributed by atoms with E-state index in [4.69, 9.17) is 23.2 Å². The van der Waals surface area contributed by atoms with Crippen LogP contribution in [0, 0.1) is 12.7 Å². The van der Waals surface area contributed by atoms with Gasteiger partial charge in [0.25, 0.3) is 0 Å². The summed E-state index contributed by atoms with van der Waals surface area (Å²) in [7, 11) is 0. The number of aryl methyl sites for hydroxylation is 1. The molecule has 0 amide bonds. The molecule has 4 heteroatoms. The molecule has 0 aliphatic heterocycles. The Hall–Kier alpha value is -1.12.